The Balaban J connectivity index is 1.82. The van der Waals surface area contributed by atoms with Crippen LogP contribution in [0.15, 0.2) is 36.7 Å². The SMILES string of the molecule is Cn1cc(NCCc2ccc(N)cc2)cn1. The molecular weight excluding hydrogens is 200 g/mol. The van der Waals surface area contributed by atoms with Crippen LogP contribution < -0.4 is 11.1 Å². The zero-order valence-electron chi connectivity index (χ0n) is 9.35. The van der Waals surface area contributed by atoms with E-state index in [4.69, 9.17) is 5.73 Å². The van der Waals surface area contributed by atoms with Crippen molar-refractivity contribution >= 4 is 11.4 Å². The van der Waals surface area contributed by atoms with E-state index in [2.05, 4.69) is 22.5 Å². The van der Waals surface area contributed by atoms with Gasteiger partial charge in [-0.25, -0.2) is 0 Å². The molecule has 0 unspecified atom stereocenters. The van der Waals surface area contributed by atoms with E-state index in [1.54, 1.807) is 4.68 Å². The maximum atomic E-state index is 5.62. The Hall–Kier alpha value is -1.97. The molecule has 0 atom stereocenters. The average Bonchev–Trinajstić information content (AvgIpc) is 2.67. The van der Waals surface area contributed by atoms with Crippen molar-refractivity contribution < 1.29 is 0 Å². The van der Waals surface area contributed by atoms with Crippen molar-refractivity contribution in [2.45, 2.75) is 6.42 Å². The number of nitrogens with one attached hydrogen (secondary N) is 1. The molecule has 0 radical (unpaired) electrons. The van der Waals surface area contributed by atoms with Crippen LogP contribution in [0.1, 0.15) is 5.56 Å². The molecule has 84 valence electrons. The van der Waals surface area contributed by atoms with Crippen LogP contribution in [0.3, 0.4) is 0 Å². The van der Waals surface area contributed by atoms with Gasteiger partial charge in [-0.3, -0.25) is 4.68 Å². The summed E-state index contributed by atoms with van der Waals surface area (Å²) in [4.78, 5) is 0. The van der Waals surface area contributed by atoms with E-state index in [9.17, 15) is 0 Å². The Morgan fingerprint density at radius 3 is 2.69 bits per heavy atom. The van der Waals surface area contributed by atoms with Gasteiger partial charge >= 0.3 is 0 Å². The second kappa shape index (κ2) is 4.70. The van der Waals surface area contributed by atoms with Gasteiger partial charge in [0, 0.05) is 25.5 Å². The summed E-state index contributed by atoms with van der Waals surface area (Å²) in [5.41, 5.74) is 8.77. The van der Waals surface area contributed by atoms with Gasteiger partial charge in [0.05, 0.1) is 11.9 Å². The molecule has 2 aromatic rings. The van der Waals surface area contributed by atoms with Crippen LogP contribution in [-0.4, -0.2) is 16.3 Å². The van der Waals surface area contributed by atoms with Gasteiger partial charge < -0.3 is 11.1 Å². The number of hydrogen-bond acceptors (Lipinski definition) is 3. The molecule has 4 heteroatoms. The smallest absolute Gasteiger partial charge is 0.0726 e. The van der Waals surface area contributed by atoms with E-state index in [1.807, 2.05) is 31.6 Å². The van der Waals surface area contributed by atoms with Crippen LogP contribution in [0.2, 0.25) is 0 Å². The number of anilines is 2. The maximum absolute atomic E-state index is 5.62. The Bertz CT molecular complexity index is 444. The molecule has 1 heterocycles. The number of nitrogens with two attached hydrogens (primary N) is 1. The van der Waals surface area contributed by atoms with Crippen LogP contribution >= 0.6 is 0 Å². The molecule has 0 aliphatic carbocycles. The van der Waals surface area contributed by atoms with Gasteiger partial charge in [0.1, 0.15) is 0 Å². The van der Waals surface area contributed by atoms with E-state index < -0.39 is 0 Å². The lowest BCUT2D eigenvalue weighted by Gasteiger charge is -2.03. The molecule has 0 fully saturated rings. The highest BCUT2D eigenvalue weighted by Crippen LogP contribution is 2.07. The third-order valence-electron chi connectivity index (χ3n) is 2.43. The van der Waals surface area contributed by atoms with E-state index in [-0.39, 0.29) is 0 Å². The predicted octanol–water partition coefficient (Wildman–Crippen LogP) is 1.66. The fourth-order valence-corrected chi connectivity index (χ4v) is 1.55. The lowest BCUT2D eigenvalue weighted by molar-refractivity contribution is 0.768. The second-order valence-corrected chi connectivity index (χ2v) is 3.82. The maximum Gasteiger partial charge on any atom is 0.0726 e. The van der Waals surface area contributed by atoms with Gasteiger partial charge in [0.15, 0.2) is 0 Å². The summed E-state index contributed by atoms with van der Waals surface area (Å²) in [7, 11) is 1.91. The minimum absolute atomic E-state index is 0.809. The normalized spacial score (nSPS) is 10.3. The first-order chi connectivity index (χ1) is 7.74. The average molecular weight is 216 g/mol. The molecule has 0 aliphatic heterocycles. The summed E-state index contributed by atoms with van der Waals surface area (Å²) in [5.74, 6) is 0. The van der Waals surface area contributed by atoms with Crippen LogP contribution in [-0.2, 0) is 13.5 Å². The molecule has 0 bridgehead atoms. The molecule has 0 spiro atoms. The van der Waals surface area contributed by atoms with Crippen LogP contribution in [0.4, 0.5) is 11.4 Å². The summed E-state index contributed by atoms with van der Waals surface area (Å²) < 4.78 is 1.78. The van der Waals surface area contributed by atoms with Crippen LogP contribution in [0.5, 0.6) is 0 Å². The van der Waals surface area contributed by atoms with Crippen LogP contribution in [0, 0.1) is 0 Å². The van der Waals surface area contributed by atoms with Gasteiger partial charge in [0.25, 0.3) is 0 Å². The number of nitrogen functional groups attached to an aromatic ring is 1. The quantitative estimate of drug-likeness (QED) is 0.764. The standard InChI is InChI=1S/C12H16N4/c1-16-9-12(8-15-16)14-7-6-10-2-4-11(13)5-3-10/h2-5,8-9,14H,6-7,13H2,1H3. The lowest BCUT2D eigenvalue weighted by atomic mass is 10.1. The molecule has 1 aromatic carbocycles. The van der Waals surface area contributed by atoms with Crippen molar-refractivity contribution in [1.82, 2.24) is 9.78 Å². The lowest BCUT2D eigenvalue weighted by Crippen LogP contribution is -2.04. The number of hydrogen-bond donors (Lipinski definition) is 2. The highest BCUT2D eigenvalue weighted by Gasteiger charge is 1.95. The first-order valence-corrected chi connectivity index (χ1v) is 5.31. The summed E-state index contributed by atoms with van der Waals surface area (Å²) in [5, 5.41) is 7.41. The highest BCUT2D eigenvalue weighted by atomic mass is 15.3. The highest BCUT2D eigenvalue weighted by molar-refractivity contribution is 5.40. The Morgan fingerprint density at radius 1 is 1.31 bits per heavy atom. The number of benzene rings is 1. The minimum Gasteiger partial charge on any atom is -0.399 e. The summed E-state index contributed by atoms with van der Waals surface area (Å²) in [6, 6.07) is 7.97. The molecule has 1 aromatic heterocycles. The molecule has 3 N–H and O–H groups in total. The fraction of sp³-hybridized carbons (Fsp3) is 0.250. The van der Waals surface area contributed by atoms with Gasteiger partial charge in [0.2, 0.25) is 0 Å². The van der Waals surface area contributed by atoms with Gasteiger partial charge in [-0.05, 0) is 24.1 Å². The predicted molar refractivity (Wildman–Crippen MR) is 66.3 cm³/mol. The molecule has 0 amide bonds. The number of nitrogens with zero attached hydrogens (tertiary/aromatic N) is 2. The number of aromatic nitrogens is 2. The minimum atomic E-state index is 0.809. The summed E-state index contributed by atoms with van der Waals surface area (Å²) >= 11 is 0. The number of aryl methyl sites for hydroxylation is 1. The van der Waals surface area contributed by atoms with E-state index >= 15 is 0 Å². The van der Waals surface area contributed by atoms with Crippen molar-refractivity contribution in [3.05, 3.63) is 42.2 Å². The van der Waals surface area contributed by atoms with Gasteiger partial charge in [-0.1, -0.05) is 12.1 Å². The molecule has 4 nitrogen and oxygen atoms in total. The molecule has 16 heavy (non-hydrogen) atoms. The van der Waals surface area contributed by atoms with Crippen LogP contribution in [0.25, 0.3) is 0 Å². The topological polar surface area (TPSA) is 55.9 Å². The second-order valence-electron chi connectivity index (χ2n) is 3.82. The van der Waals surface area contributed by atoms with Gasteiger partial charge in [-0.2, -0.15) is 5.10 Å². The van der Waals surface area contributed by atoms with Crippen molar-refractivity contribution in [2.75, 3.05) is 17.6 Å². The van der Waals surface area contributed by atoms with Crippen molar-refractivity contribution in [2.24, 2.45) is 7.05 Å². The summed E-state index contributed by atoms with van der Waals surface area (Å²) in [6.45, 7) is 0.898. The monoisotopic (exact) mass is 216 g/mol. The zero-order chi connectivity index (χ0) is 11.4. The fourth-order valence-electron chi connectivity index (χ4n) is 1.55. The van der Waals surface area contributed by atoms with Crippen molar-refractivity contribution in [1.29, 1.82) is 0 Å². The van der Waals surface area contributed by atoms with E-state index in [0.717, 1.165) is 24.3 Å². The van der Waals surface area contributed by atoms with Crippen molar-refractivity contribution in [3.63, 3.8) is 0 Å². The molecule has 2 rings (SSSR count). The molecule has 0 saturated heterocycles. The third-order valence-corrected chi connectivity index (χ3v) is 2.43. The third kappa shape index (κ3) is 2.76. The zero-order valence-corrected chi connectivity index (χ0v) is 9.35. The van der Waals surface area contributed by atoms with Crippen molar-refractivity contribution in [3.8, 4) is 0 Å². The Morgan fingerprint density at radius 2 is 2.06 bits per heavy atom. The first-order valence-electron chi connectivity index (χ1n) is 5.31. The molecule has 0 saturated carbocycles. The largest absolute Gasteiger partial charge is 0.399 e. The van der Waals surface area contributed by atoms with E-state index in [1.165, 1.54) is 5.56 Å². The Kier molecular flexibility index (Phi) is 3.10. The Labute approximate surface area is 95.1 Å². The van der Waals surface area contributed by atoms with Gasteiger partial charge in [-0.15, -0.1) is 0 Å². The number of rotatable bonds is 4. The summed E-state index contributed by atoms with van der Waals surface area (Å²) in [6.07, 6.45) is 4.77. The van der Waals surface area contributed by atoms with E-state index in [0.29, 0.717) is 0 Å². The first kappa shape index (κ1) is 10.5. The molecular formula is C12H16N4. The molecule has 0 aliphatic rings.